The van der Waals surface area contributed by atoms with E-state index in [1.54, 1.807) is 0 Å². The Morgan fingerprint density at radius 2 is 1.50 bits per heavy atom. The molecule has 3 heteroatoms. The first-order valence-electron chi connectivity index (χ1n) is 5.34. The van der Waals surface area contributed by atoms with Gasteiger partial charge in [-0.25, -0.2) is 0 Å². The molecule has 0 bridgehead atoms. The van der Waals surface area contributed by atoms with Crippen molar-refractivity contribution in [2.24, 2.45) is 11.8 Å². The summed E-state index contributed by atoms with van der Waals surface area (Å²) in [5.41, 5.74) is 0. The van der Waals surface area contributed by atoms with E-state index in [0.717, 1.165) is 0 Å². The topological polar surface area (TPSA) is 37.4 Å². The Morgan fingerprint density at radius 1 is 1.00 bits per heavy atom. The summed E-state index contributed by atoms with van der Waals surface area (Å²) in [5.74, 6) is 1.04. The standard InChI is InChI=1S/C11H13NO2/c13-9-5-6-10(14)12(9)11-7-3-1-2-4-8(7)11/h5-8,11H,1-4H2. The Kier molecular flexibility index (Phi) is 1.58. The summed E-state index contributed by atoms with van der Waals surface area (Å²) in [6.07, 6.45) is 7.72. The van der Waals surface area contributed by atoms with E-state index in [9.17, 15) is 9.59 Å². The highest BCUT2D eigenvalue weighted by atomic mass is 16.2. The van der Waals surface area contributed by atoms with E-state index in [2.05, 4.69) is 0 Å². The van der Waals surface area contributed by atoms with Crippen LogP contribution in [-0.2, 0) is 9.59 Å². The molecule has 3 nitrogen and oxygen atoms in total. The van der Waals surface area contributed by atoms with Crippen molar-refractivity contribution in [2.75, 3.05) is 0 Å². The van der Waals surface area contributed by atoms with Crippen LogP contribution in [0.2, 0.25) is 0 Å². The van der Waals surface area contributed by atoms with Gasteiger partial charge in [0.2, 0.25) is 0 Å². The summed E-state index contributed by atoms with van der Waals surface area (Å²) in [6.45, 7) is 0. The van der Waals surface area contributed by atoms with E-state index in [0.29, 0.717) is 11.8 Å². The van der Waals surface area contributed by atoms with E-state index >= 15 is 0 Å². The summed E-state index contributed by atoms with van der Waals surface area (Å²) in [4.78, 5) is 24.3. The second-order valence-electron chi connectivity index (χ2n) is 4.48. The number of carbonyl (C=O) groups excluding carboxylic acids is 2. The minimum absolute atomic E-state index is 0.102. The SMILES string of the molecule is O=C1C=CC(=O)N1C1C2CCCCC21. The maximum Gasteiger partial charge on any atom is 0.253 e. The van der Waals surface area contributed by atoms with Crippen molar-refractivity contribution in [3.05, 3.63) is 12.2 Å². The molecule has 2 atom stereocenters. The summed E-state index contributed by atoms with van der Waals surface area (Å²) in [7, 11) is 0. The van der Waals surface area contributed by atoms with Crippen LogP contribution in [0.4, 0.5) is 0 Å². The van der Waals surface area contributed by atoms with Crippen molar-refractivity contribution in [1.82, 2.24) is 4.90 Å². The van der Waals surface area contributed by atoms with Gasteiger partial charge in [0.1, 0.15) is 0 Å². The second-order valence-corrected chi connectivity index (χ2v) is 4.48. The zero-order valence-corrected chi connectivity index (χ0v) is 7.98. The maximum absolute atomic E-state index is 11.4. The van der Waals surface area contributed by atoms with Crippen molar-refractivity contribution in [2.45, 2.75) is 31.7 Å². The molecule has 1 heterocycles. The van der Waals surface area contributed by atoms with Gasteiger partial charge < -0.3 is 0 Å². The average molecular weight is 191 g/mol. The van der Waals surface area contributed by atoms with Crippen molar-refractivity contribution < 1.29 is 9.59 Å². The van der Waals surface area contributed by atoms with Crippen LogP contribution >= 0.6 is 0 Å². The van der Waals surface area contributed by atoms with Crippen LogP contribution < -0.4 is 0 Å². The molecule has 14 heavy (non-hydrogen) atoms. The number of imide groups is 1. The molecule has 0 aromatic heterocycles. The van der Waals surface area contributed by atoms with Gasteiger partial charge in [0, 0.05) is 18.2 Å². The third-order valence-corrected chi connectivity index (χ3v) is 3.75. The largest absolute Gasteiger partial charge is 0.272 e. The predicted octanol–water partition coefficient (Wildman–Crippen LogP) is 1.10. The minimum Gasteiger partial charge on any atom is -0.272 e. The lowest BCUT2D eigenvalue weighted by molar-refractivity contribution is -0.137. The highest BCUT2D eigenvalue weighted by Crippen LogP contribution is 2.53. The average Bonchev–Trinajstić information content (AvgIpc) is 2.82. The number of nitrogens with zero attached hydrogens (tertiary/aromatic N) is 1. The number of rotatable bonds is 1. The van der Waals surface area contributed by atoms with Crippen LogP contribution in [0.25, 0.3) is 0 Å². The zero-order valence-electron chi connectivity index (χ0n) is 7.98. The molecule has 0 saturated heterocycles. The Balaban J connectivity index is 1.78. The summed E-state index contributed by atoms with van der Waals surface area (Å²) in [5, 5.41) is 0. The predicted molar refractivity (Wildman–Crippen MR) is 50.2 cm³/mol. The van der Waals surface area contributed by atoms with Crippen LogP contribution in [0, 0.1) is 11.8 Å². The van der Waals surface area contributed by atoms with Crippen LogP contribution in [0.3, 0.4) is 0 Å². The molecule has 2 aliphatic carbocycles. The molecule has 2 amide bonds. The van der Waals surface area contributed by atoms with Crippen molar-refractivity contribution in [3.8, 4) is 0 Å². The lowest BCUT2D eigenvalue weighted by Gasteiger charge is -2.13. The smallest absolute Gasteiger partial charge is 0.253 e. The first kappa shape index (κ1) is 8.21. The van der Waals surface area contributed by atoms with Gasteiger partial charge in [0.15, 0.2) is 0 Å². The normalized spacial score (nSPS) is 40.3. The van der Waals surface area contributed by atoms with E-state index in [4.69, 9.17) is 0 Å². The second kappa shape index (κ2) is 2.69. The molecular weight excluding hydrogens is 178 g/mol. The number of hydrogen-bond donors (Lipinski definition) is 0. The van der Waals surface area contributed by atoms with Gasteiger partial charge in [-0.1, -0.05) is 12.8 Å². The van der Waals surface area contributed by atoms with Gasteiger partial charge in [-0.15, -0.1) is 0 Å². The summed E-state index contributed by atoms with van der Waals surface area (Å²) in [6, 6.07) is 0.243. The van der Waals surface area contributed by atoms with Gasteiger partial charge in [-0.2, -0.15) is 0 Å². The molecule has 74 valence electrons. The monoisotopic (exact) mass is 191 g/mol. The molecule has 0 radical (unpaired) electrons. The van der Waals surface area contributed by atoms with E-state index < -0.39 is 0 Å². The minimum atomic E-state index is -0.102. The zero-order chi connectivity index (χ0) is 9.71. The quantitative estimate of drug-likeness (QED) is 0.582. The summed E-state index contributed by atoms with van der Waals surface area (Å²) < 4.78 is 0. The van der Waals surface area contributed by atoms with E-state index in [1.807, 2.05) is 0 Å². The van der Waals surface area contributed by atoms with E-state index in [1.165, 1.54) is 42.7 Å². The lowest BCUT2D eigenvalue weighted by atomic mass is 10.0. The van der Waals surface area contributed by atoms with Crippen LogP contribution in [0.1, 0.15) is 25.7 Å². The van der Waals surface area contributed by atoms with Gasteiger partial charge in [0.05, 0.1) is 0 Å². The Labute approximate surface area is 82.8 Å². The Morgan fingerprint density at radius 3 is 2.00 bits per heavy atom. The third-order valence-electron chi connectivity index (χ3n) is 3.75. The molecule has 0 aromatic carbocycles. The third kappa shape index (κ3) is 0.982. The lowest BCUT2D eigenvalue weighted by Crippen LogP contribution is -2.33. The maximum atomic E-state index is 11.4. The fourth-order valence-electron chi connectivity index (χ4n) is 3.04. The van der Waals surface area contributed by atoms with Crippen molar-refractivity contribution in [3.63, 3.8) is 0 Å². The van der Waals surface area contributed by atoms with Crippen molar-refractivity contribution >= 4 is 11.8 Å². The number of fused-ring (bicyclic) bond motifs is 1. The number of amides is 2. The molecule has 3 rings (SSSR count). The fraction of sp³-hybridized carbons (Fsp3) is 0.636. The highest BCUT2D eigenvalue weighted by Gasteiger charge is 2.56. The molecule has 2 saturated carbocycles. The number of carbonyl (C=O) groups is 2. The Bertz CT molecular complexity index is 304. The molecule has 2 unspecified atom stereocenters. The van der Waals surface area contributed by atoms with Crippen molar-refractivity contribution in [1.29, 1.82) is 0 Å². The summed E-state index contributed by atoms with van der Waals surface area (Å²) >= 11 is 0. The number of hydrogen-bond acceptors (Lipinski definition) is 2. The first-order chi connectivity index (χ1) is 6.79. The van der Waals surface area contributed by atoms with Gasteiger partial charge in [-0.3, -0.25) is 14.5 Å². The first-order valence-corrected chi connectivity index (χ1v) is 5.34. The highest BCUT2D eigenvalue weighted by molar-refractivity contribution is 6.13. The molecule has 0 aromatic rings. The fourth-order valence-corrected chi connectivity index (χ4v) is 3.04. The van der Waals surface area contributed by atoms with E-state index in [-0.39, 0.29) is 17.9 Å². The van der Waals surface area contributed by atoms with Gasteiger partial charge in [0.25, 0.3) is 11.8 Å². The molecule has 3 aliphatic rings. The van der Waals surface area contributed by atoms with Gasteiger partial charge >= 0.3 is 0 Å². The molecule has 2 fully saturated rings. The van der Waals surface area contributed by atoms with Gasteiger partial charge in [-0.05, 0) is 24.7 Å². The molecule has 0 N–H and O–H groups in total. The Hall–Kier alpha value is -1.12. The van der Waals surface area contributed by atoms with Crippen LogP contribution in [0.5, 0.6) is 0 Å². The molecular formula is C11H13NO2. The van der Waals surface area contributed by atoms with Crippen LogP contribution in [0.15, 0.2) is 12.2 Å². The molecule has 1 aliphatic heterocycles. The van der Waals surface area contributed by atoms with Crippen LogP contribution in [-0.4, -0.2) is 22.8 Å². The molecule has 0 spiro atoms.